The van der Waals surface area contributed by atoms with E-state index >= 15 is 0 Å². The van der Waals surface area contributed by atoms with Crippen LogP contribution in [-0.2, 0) is 19.1 Å². The maximum atomic E-state index is 10.8. The highest BCUT2D eigenvalue weighted by Crippen LogP contribution is 2.33. The molecule has 5 heteroatoms. The molecule has 2 unspecified atom stereocenters. The molecule has 0 aromatic heterocycles. The fraction of sp³-hybridized carbons (Fsp3) is 0.667. The Hall–Kier alpha value is -1.10. The third-order valence-corrected chi connectivity index (χ3v) is 2.03. The first kappa shape index (κ1) is 6.60. The number of fused-ring (bicyclic) bond motifs is 1. The Morgan fingerprint density at radius 2 is 2.18 bits per heavy atom. The Morgan fingerprint density at radius 3 is 2.82 bits per heavy atom. The summed E-state index contributed by atoms with van der Waals surface area (Å²) in [5, 5.41) is 9.45. The number of hydrogen-bond acceptors (Lipinski definition) is 5. The number of hydrogen-bond donors (Lipinski definition) is 1. The van der Waals surface area contributed by atoms with E-state index < -0.39 is 23.5 Å². The molecule has 60 valence electrons. The van der Waals surface area contributed by atoms with E-state index in [9.17, 15) is 14.7 Å². The predicted octanol–water partition coefficient (Wildman–Crippen LogP) is -1.55. The monoisotopic (exact) mass is 158 g/mol. The minimum absolute atomic E-state index is 0.0613. The van der Waals surface area contributed by atoms with Gasteiger partial charge < -0.3 is 14.6 Å². The van der Waals surface area contributed by atoms with Crippen molar-refractivity contribution in [3.05, 3.63) is 0 Å². The standard InChI is InChI=1S/C6H6O5/c7-4-3-1-10-5(8)6(3,9)2-11-4/h3,9H,1-2H2. The van der Waals surface area contributed by atoms with Crippen molar-refractivity contribution >= 4 is 11.9 Å². The largest absolute Gasteiger partial charge is 0.462 e. The van der Waals surface area contributed by atoms with E-state index in [2.05, 4.69) is 9.47 Å². The zero-order chi connectivity index (χ0) is 8.06. The SMILES string of the molecule is O=C1OCC2(O)C(=O)OCC12. The van der Waals surface area contributed by atoms with Gasteiger partial charge in [0, 0.05) is 0 Å². The second-order valence-corrected chi connectivity index (χ2v) is 2.68. The zero-order valence-corrected chi connectivity index (χ0v) is 5.57. The molecule has 2 aliphatic rings. The first-order valence-corrected chi connectivity index (χ1v) is 3.21. The molecule has 0 spiro atoms. The predicted molar refractivity (Wildman–Crippen MR) is 30.4 cm³/mol. The van der Waals surface area contributed by atoms with Crippen molar-refractivity contribution in [2.45, 2.75) is 5.60 Å². The van der Waals surface area contributed by atoms with Crippen LogP contribution in [0.2, 0.25) is 0 Å². The summed E-state index contributed by atoms with van der Waals surface area (Å²) >= 11 is 0. The third-order valence-electron chi connectivity index (χ3n) is 2.03. The summed E-state index contributed by atoms with van der Waals surface area (Å²) in [6.07, 6.45) is 0. The molecule has 0 saturated carbocycles. The van der Waals surface area contributed by atoms with Crippen molar-refractivity contribution in [1.82, 2.24) is 0 Å². The van der Waals surface area contributed by atoms with Crippen LogP contribution in [-0.4, -0.2) is 35.9 Å². The summed E-state index contributed by atoms with van der Waals surface area (Å²) in [6, 6.07) is 0. The van der Waals surface area contributed by atoms with Crippen molar-refractivity contribution in [2.24, 2.45) is 5.92 Å². The summed E-state index contributed by atoms with van der Waals surface area (Å²) in [6.45, 7) is -0.330. The van der Waals surface area contributed by atoms with Gasteiger partial charge in [0.05, 0.1) is 0 Å². The molecule has 11 heavy (non-hydrogen) atoms. The molecule has 1 N–H and O–H groups in total. The average Bonchev–Trinajstić information content (AvgIpc) is 2.39. The van der Waals surface area contributed by atoms with E-state index in [0.717, 1.165) is 0 Å². The van der Waals surface area contributed by atoms with Gasteiger partial charge in [-0.1, -0.05) is 0 Å². The van der Waals surface area contributed by atoms with Gasteiger partial charge >= 0.3 is 11.9 Å². The van der Waals surface area contributed by atoms with Gasteiger partial charge in [0.25, 0.3) is 0 Å². The van der Waals surface area contributed by atoms with Crippen LogP contribution in [0, 0.1) is 5.92 Å². The maximum absolute atomic E-state index is 10.8. The molecule has 2 saturated heterocycles. The average molecular weight is 158 g/mol. The van der Waals surface area contributed by atoms with Crippen LogP contribution in [0.3, 0.4) is 0 Å². The van der Waals surface area contributed by atoms with Crippen molar-refractivity contribution in [2.75, 3.05) is 13.2 Å². The molecule has 2 heterocycles. The van der Waals surface area contributed by atoms with Gasteiger partial charge in [-0.15, -0.1) is 0 Å². The molecule has 2 rings (SSSR count). The highest BCUT2D eigenvalue weighted by Gasteiger charge is 2.60. The normalized spacial score (nSPS) is 41.7. The van der Waals surface area contributed by atoms with Crippen molar-refractivity contribution in [3.8, 4) is 0 Å². The van der Waals surface area contributed by atoms with E-state index in [0.29, 0.717) is 0 Å². The number of ether oxygens (including phenoxy) is 2. The molecule has 0 aromatic rings. The van der Waals surface area contributed by atoms with Crippen LogP contribution >= 0.6 is 0 Å². The van der Waals surface area contributed by atoms with E-state index in [-0.39, 0.29) is 13.2 Å². The van der Waals surface area contributed by atoms with Gasteiger partial charge in [0.1, 0.15) is 19.1 Å². The number of esters is 2. The molecule has 0 aliphatic carbocycles. The molecule has 2 aliphatic heterocycles. The number of carbonyl (C=O) groups is 2. The summed E-state index contributed by atoms with van der Waals surface area (Å²) < 4.78 is 9.01. The molecule has 0 amide bonds. The Balaban J connectivity index is 2.37. The minimum Gasteiger partial charge on any atom is -0.462 e. The fourth-order valence-corrected chi connectivity index (χ4v) is 1.27. The Morgan fingerprint density at radius 1 is 1.45 bits per heavy atom. The second kappa shape index (κ2) is 1.73. The Labute approximate surface area is 61.9 Å². The van der Waals surface area contributed by atoms with Crippen molar-refractivity contribution in [3.63, 3.8) is 0 Å². The Bertz CT molecular complexity index is 235. The molecule has 5 nitrogen and oxygen atoms in total. The molecular formula is C6H6O5. The topological polar surface area (TPSA) is 72.8 Å². The van der Waals surface area contributed by atoms with Crippen LogP contribution in [0.5, 0.6) is 0 Å². The third kappa shape index (κ3) is 0.632. The van der Waals surface area contributed by atoms with Gasteiger partial charge in [-0.3, -0.25) is 4.79 Å². The van der Waals surface area contributed by atoms with Gasteiger partial charge in [0.2, 0.25) is 5.60 Å². The number of rotatable bonds is 0. The van der Waals surface area contributed by atoms with Crippen LogP contribution < -0.4 is 0 Å². The van der Waals surface area contributed by atoms with Crippen LogP contribution in [0.1, 0.15) is 0 Å². The zero-order valence-electron chi connectivity index (χ0n) is 5.57. The van der Waals surface area contributed by atoms with Gasteiger partial charge in [0.15, 0.2) is 0 Å². The number of cyclic esters (lactones) is 2. The first-order chi connectivity index (χ1) is 5.14. The summed E-state index contributed by atoms with van der Waals surface area (Å²) in [4.78, 5) is 21.6. The minimum atomic E-state index is -1.70. The van der Waals surface area contributed by atoms with Gasteiger partial charge in [-0.2, -0.15) is 0 Å². The number of carbonyl (C=O) groups excluding carboxylic acids is 2. The lowest BCUT2D eigenvalue weighted by Crippen LogP contribution is -2.40. The summed E-state index contributed by atoms with van der Waals surface area (Å²) in [5.74, 6) is -2.12. The maximum Gasteiger partial charge on any atom is 0.342 e. The van der Waals surface area contributed by atoms with Crippen molar-refractivity contribution in [1.29, 1.82) is 0 Å². The lowest BCUT2D eigenvalue weighted by molar-refractivity contribution is -0.155. The van der Waals surface area contributed by atoms with Crippen LogP contribution in [0.25, 0.3) is 0 Å². The first-order valence-electron chi connectivity index (χ1n) is 3.21. The quantitative estimate of drug-likeness (QED) is 0.432. The molecule has 0 aromatic carbocycles. The smallest absolute Gasteiger partial charge is 0.342 e. The molecule has 2 fully saturated rings. The van der Waals surface area contributed by atoms with Crippen LogP contribution in [0.15, 0.2) is 0 Å². The van der Waals surface area contributed by atoms with Gasteiger partial charge in [-0.05, 0) is 0 Å². The lowest BCUT2D eigenvalue weighted by Gasteiger charge is -2.10. The fourth-order valence-electron chi connectivity index (χ4n) is 1.27. The Kier molecular flexibility index (Phi) is 1.04. The highest BCUT2D eigenvalue weighted by molar-refractivity contribution is 5.93. The van der Waals surface area contributed by atoms with Gasteiger partial charge in [-0.25, -0.2) is 4.79 Å². The molecular weight excluding hydrogens is 152 g/mol. The molecule has 0 bridgehead atoms. The number of aliphatic hydroxyl groups is 1. The molecule has 2 atom stereocenters. The van der Waals surface area contributed by atoms with Crippen molar-refractivity contribution < 1.29 is 24.2 Å². The second-order valence-electron chi connectivity index (χ2n) is 2.68. The molecule has 0 radical (unpaired) electrons. The van der Waals surface area contributed by atoms with E-state index in [1.54, 1.807) is 0 Å². The summed E-state index contributed by atoms with van der Waals surface area (Å²) in [7, 11) is 0. The van der Waals surface area contributed by atoms with E-state index in [1.165, 1.54) is 0 Å². The van der Waals surface area contributed by atoms with Crippen LogP contribution in [0.4, 0.5) is 0 Å². The summed E-state index contributed by atoms with van der Waals surface area (Å²) in [5.41, 5.74) is -1.70. The van der Waals surface area contributed by atoms with E-state index in [1.807, 2.05) is 0 Å². The lowest BCUT2D eigenvalue weighted by atomic mass is 9.94. The highest BCUT2D eigenvalue weighted by atomic mass is 16.6. The van der Waals surface area contributed by atoms with E-state index in [4.69, 9.17) is 0 Å².